The average molecular weight is 297 g/mol. The van der Waals surface area contributed by atoms with Gasteiger partial charge in [0, 0.05) is 12.1 Å². The summed E-state index contributed by atoms with van der Waals surface area (Å²) in [5.41, 5.74) is 4.46. The molecule has 0 aromatic heterocycles. The van der Waals surface area contributed by atoms with Gasteiger partial charge in [-0.15, -0.1) is 0 Å². The fourth-order valence-electron chi connectivity index (χ4n) is 3.06. The highest BCUT2D eigenvalue weighted by atomic mass is 16.5. The van der Waals surface area contributed by atoms with Crippen molar-refractivity contribution in [2.24, 2.45) is 0 Å². The third-order valence-electron chi connectivity index (χ3n) is 4.63. The summed E-state index contributed by atoms with van der Waals surface area (Å²) in [6.07, 6.45) is -0.517. The van der Waals surface area contributed by atoms with E-state index in [0.29, 0.717) is 6.61 Å². The van der Waals surface area contributed by atoms with Gasteiger partial charge < -0.3 is 9.84 Å². The maximum atomic E-state index is 10.8. The number of hydrogen-bond acceptors (Lipinski definition) is 3. The van der Waals surface area contributed by atoms with Gasteiger partial charge >= 0.3 is 0 Å². The molecule has 116 valence electrons. The summed E-state index contributed by atoms with van der Waals surface area (Å²) in [6, 6.07) is 14.3. The Morgan fingerprint density at radius 1 is 1.14 bits per heavy atom. The van der Waals surface area contributed by atoms with Gasteiger partial charge in [-0.05, 0) is 37.6 Å². The topological polar surface area (TPSA) is 32.7 Å². The SMILES string of the molecule is Cc1ccc2c(c1C)OCC(N(C)Cc1ccccc1)C2O. The predicted octanol–water partition coefficient (Wildman–Crippen LogP) is 3.23. The van der Waals surface area contributed by atoms with Crippen LogP contribution in [0.2, 0.25) is 0 Å². The van der Waals surface area contributed by atoms with Crippen molar-refractivity contribution in [2.45, 2.75) is 32.5 Å². The first-order valence-corrected chi connectivity index (χ1v) is 7.73. The van der Waals surface area contributed by atoms with Gasteiger partial charge in [0.15, 0.2) is 0 Å². The van der Waals surface area contributed by atoms with Crippen molar-refractivity contribution in [1.82, 2.24) is 4.90 Å². The second-order valence-corrected chi connectivity index (χ2v) is 6.15. The lowest BCUT2D eigenvalue weighted by atomic mass is 9.94. The van der Waals surface area contributed by atoms with Crippen LogP contribution in [0.5, 0.6) is 5.75 Å². The Labute approximate surface area is 132 Å². The third-order valence-corrected chi connectivity index (χ3v) is 4.63. The molecular formula is C19H23NO2. The zero-order valence-electron chi connectivity index (χ0n) is 13.4. The van der Waals surface area contributed by atoms with Crippen molar-refractivity contribution in [2.75, 3.05) is 13.7 Å². The normalized spacial score (nSPS) is 20.6. The number of likely N-dealkylation sites (N-methyl/N-ethyl adjacent to an activating group) is 1. The van der Waals surface area contributed by atoms with Crippen molar-refractivity contribution < 1.29 is 9.84 Å². The zero-order chi connectivity index (χ0) is 15.7. The van der Waals surface area contributed by atoms with Crippen LogP contribution in [0.25, 0.3) is 0 Å². The first-order chi connectivity index (χ1) is 10.6. The van der Waals surface area contributed by atoms with Crippen LogP contribution in [0.1, 0.15) is 28.4 Å². The Morgan fingerprint density at radius 3 is 2.59 bits per heavy atom. The first kappa shape index (κ1) is 15.1. The molecule has 3 rings (SSSR count). The van der Waals surface area contributed by atoms with Crippen LogP contribution in [0.3, 0.4) is 0 Å². The van der Waals surface area contributed by atoms with E-state index in [9.17, 15) is 5.11 Å². The summed E-state index contributed by atoms with van der Waals surface area (Å²) in [6.45, 7) is 5.43. The Hall–Kier alpha value is -1.84. The maximum Gasteiger partial charge on any atom is 0.128 e. The number of hydrogen-bond donors (Lipinski definition) is 1. The second kappa shape index (κ2) is 6.11. The second-order valence-electron chi connectivity index (χ2n) is 6.15. The van der Waals surface area contributed by atoms with Gasteiger partial charge in [0.25, 0.3) is 0 Å². The third kappa shape index (κ3) is 2.74. The molecule has 1 aliphatic rings. The van der Waals surface area contributed by atoms with E-state index in [4.69, 9.17) is 4.74 Å². The van der Waals surface area contributed by atoms with E-state index in [1.54, 1.807) is 0 Å². The molecule has 1 N–H and O–H groups in total. The molecular weight excluding hydrogens is 274 g/mol. The van der Waals surface area contributed by atoms with E-state index in [2.05, 4.69) is 36.9 Å². The van der Waals surface area contributed by atoms with Crippen molar-refractivity contribution in [3.05, 3.63) is 64.7 Å². The molecule has 22 heavy (non-hydrogen) atoms. The van der Waals surface area contributed by atoms with E-state index in [-0.39, 0.29) is 6.04 Å². The van der Waals surface area contributed by atoms with Crippen LogP contribution in [0, 0.1) is 13.8 Å². The molecule has 2 atom stereocenters. The molecule has 0 amide bonds. The standard InChI is InChI=1S/C19H23NO2/c1-13-9-10-16-18(21)17(12-22-19(16)14(13)2)20(3)11-15-7-5-4-6-8-15/h4-10,17-18,21H,11-12H2,1-3H3. The molecule has 0 bridgehead atoms. The van der Waals surface area contributed by atoms with E-state index in [1.807, 2.05) is 31.3 Å². The molecule has 0 aliphatic carbocycles. The van der Waals surface area contributed by atoms with E-state index in [0.717, 1.165) is 23.4 Å². The van der Waals surface area contributed by atoms with Gasteiger partial charge in [-0.2, -0.15) is 0 Å². The number of benzene rings is 2. The lowest BCUT2D eigenvalue weighted by molar-refractivity contribution is 0.0114. The first-order valence-electron chi connectivity index (χ1n) is 7.73. The van der Waals surface area contributed by atoms with E-state index >= 15 is 0 Å². The summed E-state index contributed by atoms with van der Waals surface area (Å²) >= 11 is 0. The summed E-state index contributed by atoms with van der Waals surface area (Å²) in [7, 11) is 2.04. The van der Waals surface area contributed by atoms with Gasteiger partial charge in [-0.3, -0.25) is 4.90 Å². The van der Waals surface area contributed by atoms with E-state index < -0.39 is 6.10 Å². The summed E-state index contributed by atoms with van der Waals surface area (Å²) < 4.78 is 5.98. The van der Waals surface area contributed by atoms with Gasteiger partial charge in [0.2, 0.25) is 0 Å². The fourth-order valence-corrected chi connectivity index (χ4v) is 3.06. The number of fused-ring (bicyclic) bond motifs is 1. The number of rotatable bonds is 3. The Balaban J connectivity index is 1.80. The van der Waals surface area contributed by atoms with Crippen molar-refractivity contribution in [3.8, 4) is 5.75 Å². The molecule has 3 heteroatoms. The van der Waals surface area contributed by atoms with Crippen LogP contribution in [-0.4, -0.2) is 29.7 Å². The molecule has 2 aromatic rings. The minimum atomic E-state index is -0.517. The molecule has 0 saturated heterocycles. The van der Waals surface area contributed by atoms with Gasteiger partial charge in [0.1, 0.15) is 18.5 Å². The van der Waals surface area contributed by atoms with Crippen LogP contribution in [0.4, 0.5) is 0 Å². The summed E-state index contributed by atoms with van der Waals surface area (Å²) in [5, 5.41) is 10.8. The van der Waals surface area contributed by atoms with Crippen molar-refractivity contribution in [3.63, 3.8) is 0 Å². The Morgan fingerprint density at radius 2 is 1.86 bits per heavy atom. The molecule has 1 heterocycles. The number of aliphatic hydroxyl groups excluding tert-OH is 1. The molecule has 1 aliphatic heterocycles. The summed E-state index contributed by atoms with van der Waals surface area (Å²) in [5.74, 6) is 0.858. The maximum absolute atomic E-state index is 10.8. The highest BCUT2D eigenvalue weighted by Crippen LogP contribution is 2.37. The highest BCUT2D eigenvalue weighted by Gasteiger charge is 2.33. The fraction of sp³-hybridized carbons (Fsp3) is 0.368. The molecule has 0 saturated carbocycles. The quantitative estimate of drug-likeness (QED) is 0.944. The lowest BCUT2D eigenvalue weighted by Crippen LogP contribution is -2.43. The van der Waals surface area contributed by atoms with Gasteiger partial charge in [0.05, 0.1) is 6.04 Å². The molecule has 0 radical (unpaired) electrons. The molecule has 0 fully saturated rings. The number of ether oxygens (including phenoxy) is 1. The molecule has 2 aromatic carbocycles. The summed E-state index contributed by atoms with van der Waals surface area (Å²) in [4.78, 5) is 2.16. The van der Waals surface area contributed by atoms with Crippen LogP contribution in [-0.2, 0) is 6.54 Å². The Kier molecular flexibility index (Phi) is 4.19. The van der Waals surface area contributed by atoms with Crippen molar-refractivity contribution >= 4 is 0 Å². The number of aliphatic hydroxyl groups is 1. The molecule has 0 spiro atoms. The van der Waals surface area contributed by atoms with Crippen molar-refractivity contribution in [1.29, 1.82) is 0 Å². The smallest absolute Gasteiger partial charge is 0.128 e. The number of nitrogens with zero attached hydrogens (tertiary/aromatic N) is 1. The lowest BCUT2D eigenvalue weighted by Gasteiger charge is -2.37. The predicted molar refractivity (Wildman–Crippen MR) is 88.1 cm³/mol. The minimum absolute atomic E-state index is 0.0326. The highest BCUT2D eigenvalue weighted by molar-refractivity contribution is 5.48. The Bertz CT molecular complexity index is 654. The monoisotopic (exact) mass is 297 g/mol. The van der Waals surface area contributed by atoms with Crippen LogP contribution < -0.4 is 4.74 Å². The van der Waals surface area contributed by atoms with E-state index in [1.165, 1.54) is 11.1 Å². The van der Waals surface area contributed by atoms with Crippen LogP contribution in [0.15, 0.2) is 42.5 Å². The van der Waals surface area contributed by atoms with Gasteiger partial charge in [-0.25, -0.2) is 0 Å². The zero-order valence-corrected chi connectivity index (χ0v) is 13.4. The molecule has 2 unspecified atom stereocenters. The van der Waals surface area contributed by atoms with Crippen LogP contribution >= 0.6 is 0 Å². The largest absolute Gasteiger partial charge is 0.491 e. The minimum Gasteiger partial charge on any atom is -0.491 e. The molecule has 3 nitrogen and oxygen atoms in total. The average Bonchev–Trinajstić information content (AvgIpc) is 2.52. The number of aryl methyl sites for hydroxylation is 1. The van der Waals surface area contributed by atoms with Gasteiger partial charge in [-0.1, -0.05) is 42.5 Å².